The zero-order valence-corrected chi connectivity index (χ0v) is 29.0. The van der Waals surface area contributed by atoms with Crippen molar-refractivity contribution in [3.63, 3.8) is 0 Å². The lowest BCUT2D eigenvalue weighted by molar-refractivity contribution is -0.134. The zero-order chi connectivity index (χ0) is 35.0. The van der Waals surface area contributed by atoms with Crippen LogP contribution in [0.2, 0.25) is 5.02 Å². The summed E-state index contributed by atoms with van der Waals surface area (Å²) in [7, 11) is -3.25. The van der Waals surface area contributed by atoms with Crippen LogP contribution in [0.1, 0.15) is 49.5 Å². The topological polar surface area (TPSA) is 179 Å². The van der Waals surface area contributed by atoms with E-state index in [1.54, 1.807) is 46.8 Å². The average molecular weight is 720 g/mol. The molecule has 262 valence electrons. The highest BCUT2D eigenvalue weighted by Gasteiger charge is 2.48. The molecule has 3 unspecified atom stereocenters. The fourth-order valence-electron chi connectivity index (χ4n) is 7.60. The molecule has 2 amide bonds. The first-order valence-corrected chi connectivity index (χ1v) is 18.9. The Kier molecular flexibility index (Phi) is 9.46. The van der Waals surface area contributed by atoms with Crippen molar-refractivity contribution in [3.8, 4) is 16.9 Å². The Labute approximate surface area is 294 Å². The van der Waals surface area contributed by atoms with Crippen LogP contribution >= 0.6 is 11.6 Å². The molecule has 1 saturated carbocycles. The molecule has 50 heavy (non-hydrogen) atoms. The van der Waals surface area contributed by atoms with E-state index in [1.807, 2.05) is 23.2 Å². The molecular formula is C34H38ClN9O5S. The van der Waals surface area contributed by atoms with Gasteiger partial charge < -0.3 is 15.0 Å². The molecule has 2 aromatic carbocycles. The number of piperidine rings is 2. The number of imidazole rings is 1. The number of halogens is 1. The number of aromatic nitrogens is 6. The Hall–Kier alpha value is -4.60. The summed E-state index contributed by atoms with van der Waals surface area (Å²) in [6.07, 6.45) is 11.4. The van der Waals surface area contributed by atoms with Gasteiger partial charge in [0.15, 0.2) is 0 Å². The molecule has 2 aliphatic heterocycles. The van der Waals surface area contributed by atoms with E-state index >= 15 is 0 Å². The molecule has 4 aromatic rings. The average Bonchev–Trinajstić information content (AvgIpc) is 3.57. The van der Waals surface area contributed by atoms with Gasteiger partial charge in [-0.15, -0.1) is 5.10 Å². The molecule has 7 rings (SSSR count). The minimum atomic E-state index is -3.25. The first-order valence-electron chi connectivity index (χ1n) is 16.7. The predicted molar refractivity (Wildman–Crippen MR) is 187 cm³/mol. The van der Waals surface area contributed by atoms with Crippen LogP contribution in [0.25, 0.3) is 23.0 Å². The highest BCUT2D eigenvalue weighted by atomic mass is 35.5. The SMILES string of the molecule is CS(=O)(=O)N1CCC(C2CC(C3CC3)C(c3nc(-c4ccc(NC(=O)O)cc4)c[nH]3)N(C(=O)/C=C/c3cc(Cl)ccc3-n3cnnn3)C2)CC1. The number of amides is 2. The summed E-state index contributed by atoms with van der Waals surface area (Å²) in [5.41, 5.74) is 3.31. The molecule has 4 heterocycles. The third-order valence-electron chi connectivity index (χ3n) is 10.2. The van der Waals surface area contributed by atoms with E-state index in [0.717, 1.165) is 37.7 Å². The second-order valence-corrected chi connectivity index (χ2v) is 15.8. The van der Waals surface area contributed by atoms with Crippen molar-refractivity contribution in [1.82, 2.24) is 39.4 Å². The first kappa shape index (κ1) is 33.9. The molecule has 3 aliphatic rings. The second-order valence-electron chi connectivity index (χ2n) is 13.4. The number of tetrazole rings is 1. The lowest BCUT2D eigenvalue weighted by Crippen LogP contribution is -2.50. The summed E-state index contributed by atoms with van der Waals surface area (Å²) in [6.45, 7) is 1.49. The number of aromatic amines is 1. The summed E-state index contributed by atoms with van der Waals surface area (Å²) < 4.78 is 27.6. The second kappa shape index (κ2) is 14.0. The number of carboxylic acid groups (broad SMARTS) is 1. The molecule has 16 heteroatoms. The zero-order valence-electron chi connectivity index (χ0n) is 27.4. The minimum Gasteiger partial charge on any atom is -0.465 e. The Balaban J connectivity index is 1.20. The van der Waals surface area contributed by atoms with Crippen molar-refractivity contribution in [3.05, 3.63) is 77.5 Å². The molecule has 3 N–H and O–H groups in total. The van der Waals surface area contributed by atoms with Crippen LogP contribution in [-0.4, -0.2) is 90.8 Å². The molecule has 3 fully saturated rings. The third kappa shape index (κ3) is 7.44. The van der Waals surface area contributed by atoms with Gasteiger partial charge in [-0.3, -0.25) is 10.1 Å². The molecular weight excluding hydrogens is 682 g/mol. The van der Waals surface area contributed by atoms with Gasteiger partial charge in [0.05, 0.1) is 23.7 Å². The standard InChI is InChI=1S/C34H38ClN9O5S/c1-50(48,49)42-14-12-21(13-15-42)25-17-28(22-2-3-22)32(33-36-18-29(39-33)23-4-8-27(9-5-23)38-34(46)47)43(19-25)31(45)11-6-24-16-26(35)7-10-30(24)44-20-37-40-41-44/h4-11,16,18,20-22,25,28,32,38H,2-3,12-15,17,19H2,1H3,(H,36,39)(H,46,47)/b11-6+. The molecule has 14 nitrogen and oxygen atoms in total. The van der Waals surface area contributed by atoms with E-state index in [-0.39, 0.29) is 23.8 Å². The van der Waals surface area contributed by atoms with Crippen molar-refractivity contribution < 1.29 is 23.1 Å². The quantitative estimate of drug-likeness (QED) is 0.199. The summed E-state index contributed by atoms with van der Waals surface area (Å²) in [5, 5.41) is 23.4. The van der Waals surface area contributed by atoms with E-state index in [0.29, 0.717) is 64.9 Å². The van der Waals surface area contributed by atoms with Gasteiger partial charge in [-0.1, -0.05) is 23.7 Å². The van der Waals surface area contributed by atoms with E-state index in [9.17, 15) is 18.0 Å². The van der Waals surface area contributed by atoms with Crippen LogP contribution in [0.15, 0.2) is 61.1 Å². The van der Waals surface area contributed by atoms with Crippen molar-refractivity contribution >= 4 is 45.4 Å². The smallest absolute Gasteiger partial charge is 0.409 e. The molecule has 0 spiro atoms. The highest BCUT2D eigenvalue weighted by molar-refractivity contribution is 7.88. The molecule has 2 aromatic heterocycles. The lowest BCUT2D eigenvalue weighted by Gasteiger charge is -2.47. The van der Waals surface area contributed by atoms with E-state index in [4.69, 9.17) is 21.7 Å². The maximum Gasteiger partial charge on any atom is 0.409 e. The van der Waals surface area contributed by atoms with Gasteiger partial charge in [0.25, 0.3) is 0 Å². The van der Waals surface area contributed by atoms with Gasteiger partial charge >= 0.3 is 6.09 Å². The molecule has 0 bridgehead atoms. The number of nitrogens with zero attached hydrogens (tertiary/aromatic N) is 7. The maximum atomic E-state index is 14.4. The van der Waals surface area contributed by atoms with Crippen LogP contribution in [0.4, 0.5) is 10.5 Å². The van der Waals surface area contributed by atoms with Crippen LogP contribution in [0.3, 0.4) is 0 Å². The van der Waals surface area contributed by atoms with Crippen LogP contribution in [-0.2, 0) is 14.8 Å². The minimum absolute atomic E-state index is 0.163. The Morgan fingerprint density at radius 2 is 1.80 bits per heavy atom. The van der Waals surface area contributed by atoms with Crippen LogP contribution in [0.5, 0.6) is 0 Å². The first-order chi connectivity index (χ1) is 24.0. The van der Waals surface area contributed by atoms with E-state index < -0.39 is 16.1 Å². The highest BCUT2D eigenvalue weighted by Crippen LogP contribution is 2.52. The van der Waals surface area contributed by atoms with Crippen molar-refractivity contribution in [2.24, 2.45) is 23.7 Å². The van der Waals surface area contributed by atoms with Crippen LogP contribution in [0, 0.1) is 23.7 Å². The fourth-order valence-corrected chi connectivity index (χ4v) is 8.66. The van der Waals surface area contributed by atoms with Gasteiger partial charge in [0.1, 0.15) is 12.2 Å². The molecule has 0 radical (unpaired) electrons. The molecule has 2 saturated heterocycles. The summed E-state index contributed by atoms with van der Waals surface area (Å²) >= 11 is 6.36. The number of hydrogen-bond acceptors (Lipinski definition) is 8. The number of anilines is 1. The number of rotatable bonds is 9. The van der Waals surface area contributed by atoms with Crippen molar-refractivity contribution in [1.29, 1.82) is 0 Å². The number of hydrogen-bond donors (Lipinski definition) is 3. The van der Waals surface area contributed by atoms with E-state index in [2.05, 4.69) is 25.8 Å². The summed E-state index contributed by atoms with van der Waals surface area (Å²) in [4.78, 5) is 35.8. The number of nitrogens with one attached hydrogen (secondary N) is 2. The molecule has 1 aliphatic carbocycles. The van der Waals surface area contributed by atoms with Crippen molar-refractivity contribution in [2.45, 2.75) is 38.1 Å². The van der Waals surface area contributed by atoms with Gasteiger partial charge in [0, 0.05) is 53.7 Å². The van der Waals surface area contributed by atoms with Gasteiger partial charge in [-0.2, -0.15) is 4.68 Å². The summed E-state index contributed by atoms with van der Waals surface area (Å²) in [6, 6.07) is 12.0. The largest absolute Gasteiger partial charge is 0.465 e. The van der Waals surface area contributed by atoms with E-state index in [1.165, 1.54) is 17.3 Å². The van der Waals surface area contributed by atoms with Gasteiger partial charge in [0.2, 0.25) is 15.9 Å². The Morgan fingerprint density at radius 3 is 2.46 bits per heavy atom. The number of H-pyrrole nitrogens is 1. The molecule has 3 atom stereocenters. The third-order valence-corrected chi connectivity index (χ3v) is 11.7. The van der Waals surface area contributed by atoms with Gasteiger partial charge in [-0.25, -0.2) is 22.5 Å². The number of carbonyl (C=O) groups excluding carboxylic acids is 1. The number of carbonyl (C=O) groups is 2. The number of sulfonamides is 1. The number of benzene rings is 2. The predicted octanol–water partition coefficient (Wildman–Crippen LogP) is 5.10. The summed E-state index contributed by atoms with van der Waals surface area (Å²) in [5.74, 6) is 1.66. The lowest BCUT2D eigenvalue weighted by atomic mass is 9.72. The Bertz CT molecular complexity index is 1990. The van der Waals surface area contributed by atoms with Crippen LogP contribution < -0.4 is 5.32 Å². The maximum absolute atomic E-state index is 14.4. The van der Waals surface area contributed by atoms with Crippen molar-refractivity contribution in [2.75, 3.05) is 31.2 Å². The Morgan fingerprint density at radius 1 is 1.04 bits per heavy atom. The normalized spacial score (nSPS) is 22.2. The van der Waals surface area contributed by atoms with Gasteiger partial charge in [-0.05, 0) is 103 Å². The number of likely N-dealkylation sites (tertiary alicyclic amines) is 1. The fraction of sp³-hybridized carbons (Fsp3) is 0.412. The monoisotopic (exact) mass is 719 g/mol.